The molecule has 0 saturated carbocycles. The maximum absolute atomic E-state index is 2.26. The van der Waals surface area contributed by atoms with Gasteiger partial charge in [-0.25, -0.2) is 0 Å². The molecule has 0 nitrogen and oxygen atoms in total. The molecule has 75 valence electrons. The van der Waals surface area contributed by atoms with Crippen LogP contribution in [0.1, 0.15) is 32.1 Å². The highest BCUT2D eigenvalue weighted by molar-refractivity contribution is 5.12. The Balaban J connectivity index is 2.36. The molecule has 0 bridgehead atoms. The van der Waals surface area contributed by atoms with Crippen LogP contribution in [0.5, 0.6) is 0 Å². The van der Waals surface area contributed by atoms with Crippen molar-refractivity contribution < 1.29 is 0 Å². The summed E-state index contributed by atoms with van der Waals surface area (Å²) in [6.45, 7) is 0. The molecule has 0 N–H and O–H groups in total. The average molecular weight is 187 g/mol. The summed E-state index contributed by atoms with van der Waals surface area (Å²) in [5.74, 6) is 0. The summed E-state index contributed by atoms with van der Waals surface area (Å²) in [5.41, 5.74) is 0. The predicted octanol–water partition coefficient (Wildman–Crippen LogP) is 4.38. The van der Waals surface area contributed by atoms with Crippen molar-refractivity contribution in [1.29, 1.82) is 0 Å². The van der Waals surface area contributed by atoms with Gasteiger partial charge >= 0.3 is 0 Å². The van der Waals surface area contributed by atoms with E-state index in [1.807, 2.05) is 0 Å². The maximum atomic E-state index is 2.26. The summed E-state index contributed by atoms with van der Waals surface area (Å²) in [6.07, 6.45) is 25.5. The summed E-state index contributed by atoms with van der Waals surface area (Å²) < 4.78 is 0. The van der Waals surface area contributed by atoms with Crippen LogP contribution < -0.4 is 0 Å². The zero-order chi connectivity index (χ0) is 9.90. The Morgan fingerprint density at radius 3 is 2.21 bits per heavy atom. The van der Waals surface area contributed by atoms with Crippen molar-refractivity contribution in [2.24, 2.45) is 0 Å². The van der Waals surface area contributed by atoms with Crippen LogP contribution in [-0.2, 0) is 0 Å². The molecule has 0 amide bonds. The first-order chi connectivity index (χ1) is 7.00. The van der Waals surface area contributed by atoms with Crippen molar-refractivity contribution in [3.05, 3.63) is 55.0 Å². The van der Waals surface area contributed by atoms with Crippen molar-refractivity contribution in [1.82, 2.24) is 0 Å². The lowest BCUT2D eigenvalue weighted by Crippen LogP contribution is -1.75. The van der Waals surface area contributed by atoms with Crippen LogP contribution in [0.25, 0.3) is 0 Å². The lowest BCUT2D eigenvalue weighted by atomic mass is 10.1. The topological polar surface area (TPSA) is 0 Å². The molecule has 1 rings (SSSR count). The van der Waals surface area contributed by atoms with Crippen molar-refractivity contribution in [3.63, 3.8) is 0 Å². The Bertz CT molecular complexity index is 228. The van der Waals surface area contributed by atoms with Crippen LogP contribution in [-0.4, -0.2) is 0 Å². The van der Waals surface area contributed by atoms with E-state index in [0.717, 1.165) is 6.42 Å². The van der Waals surface area contributed by atoms with Gasteiger partial charge in [0.05, 0.1) is 0 Å². The molecule has 1 aliphatic rings. The third-order valence-corrected chi connectivity index (χ3v) is 2.14. The van der Waals surface area contributed by atoms with Gasteiger partial charge in [-0.3, -0.25) is 0 Å². The van der Waals surface area contributed by atoms with Crippen molar-refractivity contribution in [2.75, 3.05) is 0 Å². The van der Waals surface area contributed by atoms with Crippen LogP contribution in [0.3, 0.4) is 0 Å². The molecule has 0 atom stereocenters. The SMILES string of the molecule is [CH]1C=CCC=CC=CC=CCCCC1. The van der Waals surface area contributed by atoms with E-state index in [-0.39, 0.29) is 0 Å². The van der Waals surface area contributed by atoms with Crippen molar-refractivity contribution in [2.45, 2.75) is 32.1 Å². The fourth-order valence-electron chi connectivity index (χ4n) is 1.33. The summed E-state index contributed by atoms with van der Waals surface area (Å²) in [6, 6.07) is 0. The second-order valence-electron chi connectivity index (χ2n) is 3.43. The molecule has 0 aromatic rings. The average Bonchev–Trinajstić information content (AvgIpc) is 2.22. The molecule has 0 heteroatoms. The highest BCUT2D eigenvalue weighted by Gasteiger charge is 1.85. The third kappa shape index (κ3) is 6.47. The summed E-state index contributed by atoms with van der Waals surface area (Å²) in [5, 5.41) is 0. The molecule has 1 aliphatic carbocycles. The zero-order valence-corrected chi connectivity index (χ0v) is 8.73. The number of hydrogen-bond acceptors (Lipinski definition) is 0. The van der Waals surface area contributed by atoms with E-state index in [2.05, 4.69) is 55.0 Å². The molecular formula is C14H19. The molecule has 0 saturated heterocycles. The van der Waals surface area contributed by atoms with Crippen LogP contribution in [0, 0.1) is 6.42 Å². The van der Waals surface area contributed by atoms with E-state index < -0.39 is 0 Å². The Labute approximate surface area is 87.7 Å². The van der Waals surface area contributed by atoms with Gasteiger partial charge in [0, 0.05) is 0 Å². The zero-order valence-electron chi connectivity index (χ0n) is 8.73. The van der Waals surface area contributed by atoms with Gasteiger partial charge in [0.1, 0.15) is 0 Å². The largest absolute Gasteiger partial charge is 0.0845 e. The monoisotopic (exact) mass is 187 g/mol. The van der Waals surface area contributed by atoms with Gasteiger partial charge in [-0.15, -0.1) is 0 Å². The van der Waals surface area contributed by atoms with Crippen molar-refractivity contribution in [3.8, 4) is 0 Å². The first kappa shape index (κ1) is 11.0. The van der Waals surface area contributed by atoms with Crippen LogP contribution in [0.2, 0.25) is 0 Å². The van der Waals surface area contributed by atoms with E-state index in [4.69, 9.17) is 0 Å². The first-order valence-corrected chi connectivity index (χ1v) is 5.47. The number of allylic oxidation sites excluding steroid dienone is 8. The van der Waals surface area contributed by atoms with Gasteiger partial charge in [-0.2, -0.15) is 0 Å². The normalized spacial score (nSPS) is 19.4. The molecule has 0 aliphatic heterocycles. The molecule has 0 heterocycles. The second kappa shape index (κ2) is 8.55. The van der Waals surface area contributed by atoms with Gasteiger partial charge in [0.15, 0.2) is 0 Å². The van der Waals surface area contributed by atoms with E-state index in [1.165, 1.54) is 25.7 Å². The Morgan fingerprint density at radius 2 is 1.29 bits per heavy atom. The minimum absolute atomic E-state index is 1.03. The standard InChI is InChI=1S/C14H19/c1-2-4-6-8-10-12-14-13-11-9-7-5-3-1/h1-6,9,11,13H,7-8,10,12,14H2. The first-order valence-electron chi connectivity index (χ1n) is 5.47. The van der Waals surface area contributed by atoms with Crippen molar-refractivity contribution >= 4 is 0 Å². The lowest BCUT2D eigenvalue weighted by molar-refractivity contribution is 0.747. The summed E-state index contributed by atoms with van der Waals surface area (Å²) >= 11 is 0. The number of hydrogen-bond donors (Lipinski definition) is 0. The molecule has 1 radical (unpaired) electrons. The molecular weight excluding hydrogens is 168 g/mol. The van der Waals surface area contributed by atoms with Gasteiger partial charge in [-0.05, 0) is 32.1 Å². The Hall–Kier alpha value is -1.04. The van der Waals surface area contributed by atoms with Crippen LogP contribution >= 0.6 is 0 Å². The molecule has 0 aromatic carbocycles. The van der Waals surface area contributed by atoms with E-state index in [9.17, 15) is 0 Å². The quantitative estimate of drug-likeness (QED) is 0.528. The number of rotatable bonds is 0. The Morgan fingerprint density at radius 1 is 0.571 bits per heavy atom. The lowest BCUT2D eigenvalue weighted by Gasteiger charge is -1.94. The van der Waals surface area contributed by atoms with Gasteiger partial charge in [0.2, 0.25) is 0 Å². The highest BCUT2D eigenvalue weighted by atomic mass is 13.9. The van der Waals surface area contributed by atoms with E-state index in [1.54, 1.807) is 0 Å². The minimum Gasteiger partial charge on any atom is -0.0845 e. The van der Waals surface area contributed by atoms with Gasteiger partial charge < -0.3 is 0 Å². The summed E-state index contributed by atoms with van der Waals surface area (Å²) in [7, 11) is 0. The fraction of sp³-hybridized carbons (Fsp3) is 0.357. The molecule has 14 heavy (non-hydrogen) atoms. The molecule has 0 spiro atoms. The molecule has 0 fully saturated rings. The smallest absolute Gasteiger partial charge is 0.0166 e. The van der Waals surface area contributed by atoms with E-state index >= 15 is 0 Å². The van der Waals surface area contributed by atoms with E-state index in [0.29, 0.717) is 0 Å². The predicted molar refractivity (Wildman–Crippen MR) is 63.9 cm³/mol. The highest BCUT2D eigenvalue weighted by Crippen LogP contribution is 2.04. The van der Waals surface area contributed by atoms with Gasteiger partial charge in [-0.1, -0.05) is 55.0 Å². The van der Waals surface area contributed by atoms with Crippen LogP contribution in [0.4, 0.5) is 0 Å². The third-order valence-electron chi connectivity index (χ3n) is 2.14. The summed E-state index contributed by atoms with van der Waals surface area (Å²) in [4.78, 5) is 0. The molecule has 0 unspecified atom stereocenters. The van der Waals surface area contributed by atoms with Gasteiger partial charge in [0.25, 0.3) is 0 Å². The molecule has 0 aromatic heterocycles. The Kier molecular flexibility index (Phi) is 6.74. The van der Waals surface area contributed by atoms with Crippen LogP contribution in [0.15, 0.2) is 48.6 Å². The fourth-order valence-corrected chi connectivity index (χ4v) is 1.33. The maximum Gasteiger partial charge on any atom is -0.0166 e. The minimum atomic E-state index is 1.03. The second-order valence-corrected chi connectivity index (χ2v) is 3.43.